The van der Waals surface area contributed by atoms with Crippen LogP contribution in [0.1, 0.15) is 24.8 Å². The van der Waals surface area contributed by atoms with Crippen LogP contribution in [0.5, 0.6) is 0 Å². The Labute approximate surface area is 119 Å². The van der Waals surface area contributed by atoms with Crippen LogP contribution in [0.3, 0.4) is 0 Å². The van der Waals surface area contributed by atoms with Crippen LogP contribution in [0, 0.1) is 0 Å². The number of benzene rings is 1. The van der Waals surface area contributed by atoms with Crippen LogP contribution in [0.2, 0.25) is 0 Å². The van der Waals surface area contributed by atoms with E-state index in [4.69, 9.17) is 0 Å². The first-order chi connectivity index (χ1) is 9.54. The summed E-state index contributed by atoms with van der Waals surface area (Å²) in [6.45, 7) is 0.534. The Kier molecular flexibility index (Phi) is 4.39. The Morgan fingerprint density at radius 1 is 1.10 bits per heavy atom. The predicted molar refractivity (Wildman–Crippen MR) is 77.2 cm³/mol. The van der Waals surface area contributed by atoms with Gasteiger partial charge in [0.2, 0.25) is 5.91 Å². The first-order valence-corrected chi connectivity index (χ1v) is 6.85. The monoisotopic (exact) mass is 275 g/mol. The van der Waals surface area contributed by atoms with Gasteiger partial charge in [0.15, 0.2) is 0 Å². The third kappa shape index (κ3) is 2.99. The van der Waals surface area contributed by atoms with E-state index < -0.39 is 6.03 Å². The molecule has 1 aromatic carbocycles. The van der Waals surface area contributed by atoms with E-state index in [0.717, 1.165) is 6.42 Å². The number of hydrogen-bond donors (Lipinski definition) is 2. The lowest BCUT2D eigenvalue weighted by Gasteiger charge is -2.40. The van der Waals surface area contributed by atoms with Crippen LogP contribution in [0.25, 0.3) is 0 Å². The zero-order chi connectivity index (χ0) is 14.6. The summed E-state index contributed by atoms with van der Waals surface area (Å²) < 4.78 is 0. The topological polar surface area (TPSA) is 61.4 Å². The number of carbonyl (C=O) groups is 2. The summed E-state index contributed by atoms with van der Waals surface area (Å²) in [5.41, 5.74) is 0.935. The van der Waals surface area contributed by atoms with Gasteiger partial charge in [-0.3, -0.25) is 15.0 Å². The van der Waals surface area contributed by atoms with Gasteiger partial charge in [-0.1, -0.05) is 30.3 Å². The molecule has 1 unspecified atom stereocenters. The number of nitrogens with one attached hydrogen (secondary N) is 2. The van der Waals surface area contributed by atoms with Crippen molar-refractivity contribution in [1.82, 2.24) is 15.5 Å². The summed E-state index contributed by atoms with van der Waals surface area (Å²) in [6.07, 6.45) is 1.79. The van der Waals surface area contributed by atoms with Crippen molar-refractivity contribution in [3.05, 3.63) is 35.9 Å². The first-order valence-electron chi connectivity index (χ1n) is 6.85. The molecule has 1 saturated heterocycles. The van der Waals surface area contributed by atoms with Crippen LogP contribution in [-0.2, 0) is 10.3 Å². The maximum atomic E-state index is 11.8. The zero-order valence-corrected chi connectivity index (χ0v) is 12.0. The van der Waals surface area contributed by atoms with Gasteiger partial charge in [0.1, 0.15) is 0 Å². The molecule has 3 amide bonds. The van der Waals surface area contributed by atoms with Gasteiger partial charge in [0.05, 0.1) is 0 Å². The summed E-state index contributed by atoms with van der Waals surface area (Å²) >= 11 is 0. The van der Waals surface area contributed by atoms with Gasteiger partial charge < -0.3 is 5.32 Å². The Morgan fingerprint density at radius 2 is 1.80 bits per heavy atom. The van der Waals surface area contributed by atoms with E-state index in [2.05, 4.69) is 27.7 Å². The molecule has 1 heterocycles. The number of imide groups is 1. The molecule has 1 aromatic rings. The maximum Gasteiger partial charge on any atom is 0.321 e. The van der Waals surface area contributed by atoms with Crippen molar-refractivity contribution >= 4 is 11.9 Å². The normalized spacial score (nSPS) is 24.4. The minimum absolute atomic E-state index is 0.230. The van der Waals surface area contributed by atoms with Crippen LogP contribution >= 0.6 is 0 Å². The second-order valence-electron chi connectivity index (χ2n) is 5.35. The van der Waals surface area contributed by atoms with Crippen molar-refractivity contribution in [2.45, 2.75) is 24.8 Å². The number of nitrogens with zero attached hydrogens (tertiary/aromatic N) is 1. The standard InChI is InChI=1S/C15H21N3O2/c1-18(2)15(12-6-4-3-5-7-12)9-8-13(19)17-14(20)16-11-10-15/h3-7H,8-11H2,1-2H3,(H2,16,17,19,20). The minimum Gasteiger partial charge on any atom is -0.338 e. The number of carbonyl (C=O) groups excluding carboxylic acids is 2. The highest BCUT2D eigenvalue weighted by Crippen LogP contribution is 2.35. The lowest BCUT2D eigenvalue weighted by molar-refractivity contribution is -0.120. The molecule has 1 atom stereocenters. The first kappa shape index (κ1) is 14.5. The van der Waals surface area contributed by atoms with Crippen LogP contribution < -0.4 is 10.6 Å². The SMILES string of the molecule is CN(C)C1(c2ccccc2)CCNC(=O)NC(=O)CC1. The lowest BCUT2D eigenvalue weighted by Crippen LogP contribution is -2.44. The molecular weight excluding hydrogens is 254 g/mol. The van der Waals surface area contributed by atoms with Crippen LogP contribution in [0.15, 0.2) is 30.3 Å². The molecule has 2 N–H and O–H groups in total. The van der Waals surface area contributed by atoms with Crippen molar-refractivity contribution in [1.29, 1.82) is 0 Å². The van der Waals surface area contributed by atoms with Gasteiger partial charge in [0.25, 0.3) is 0 Å². The molecule has 5 nitrogen and oxygen atoms in total. The van der Waals surface area contributed by atoms with Gasteiger partial charge in [-0.15, -0.1) is 0 Å². The molecular formula is C15H21N3O2. The fourth-order valence-electron chi connectivity index (χ4n) is 2.80. The summed E-state index contributed by atoms with van der Waals surface area (Å²) in [4.78, 5) is 25.4. The molecule has 0 aromatic heterocycles. The van der Waals surface area contributed by atoms with Crippen molar-refractivity contribution in [2.24, 2.45) is 0 Å². The van der Waals surface area contributed by atoms with Crippen molar-refractivity contribution in [3.8, 4) is 0 Å². The second kappa shape index (κ2) is 6.05. The fourth-order valence-corrected chi connectivity index (χ4v) is 2.80. The van der Waals surface area contributed by atoms with Crippen molar-refractivity contribution < 1.29 is 9.59 Å². The molecule has 2 rings (SSSR count). The number of amides is 3. The molecule has 20 heavy (non-hydrogen) atoms. The van der Waals surface area contributed by atoms with E-state index in [1.807, 2.05) is 32.3 Å². The van der Waals surface area contributed by atoms with Gasteiger partial charge in [0, 0.05) is 18.5 Å². The molecule has 0 saturated carbocycles. The molecule has 1 aliphatic rings. The van der Waals surface area contributed by atoms with Crippen molar-refractivity contribution in [3.63, 3.8) is 0 Å². The zero-order valence-electron chi connectivity index (χ0n) is 12.0. The highest BCUT2D eigenvalue weighted by Gasteiger charge is 2.35. The van der Waals surface area contributed by atoms with Crippen LogP contribution in [0.4, 0.5) is 4.79 Å². The molecule has 0 bridgehead atoms. The number of hydrogen-bond acceptors (Lipinski definition) is 3. The Balaban J connectivity index is 2.34. The lowest BCUT2D eigenvalue weighted by atomic mass is 9.81. The van der Waals surface area contributed by atoms with E-state index in [9.17, 15) is 9.59 Å². The smallest absolute Gasteiger partial charge is 0.321 e. The molecule has 0 spiro atoms. The summed E-state index contributed by atoms with van der Waals surface area (Å²) in [5.74, 6) is -0.230. The van der Waals surface area contributed by atoms with E-state index >= 15 is 0 Å². The molecule has 108 valence electrons. The maximum absolute atomic E-state index is 11.8. The average Bonchev–Trinajstić information content (AvgIpc) is 2.49. The molecule has 0 radical (unpaired) electrons. The molecule has 0 aliphatic carbocycles. The van der Waals surface area contributed by atoms with Crippen molar-refractivity contribution in [2.75, 3.05) is 20.6 Å². The molecule has 1 aliphatic heterocycles. The number of rotatable bonds is 2. The van der Waals surface area contributed by atoms with Gasteiger partial charge in [-0.05, 0) is 32.5 Å². The Hall–Kier alpha value is -1.88. The minimum atomic E-state index is -0.405. The van der Waals surface area contributed by atoms with Crippen LogP contribution in [-0.4, -0.2) is 37.5 Å². The van der Waals surface area contributed by atoms with E-state index in [1.54, 1.807) is 0 Å². The van der Waals surface area contributed by atoms with Gasteiger partial charge >= 0.3 is 6.03 Å². The van der Waals surface area contributed by atoms with E-state index in [0.29, 0.717) is 19.4 Å². The molecule has 5 heteroatoms. The summed E-state index contributed by atoms with van der Waals surface area (Å²) in [6, 6.07) is 9.75. The highest BCUT2D eigenvalue weighted by atomic mass is 16.2. The Morgan fingerprint density at radius 3 is 2.45 bits per heavy atom. The van der Waals surface area contributed by atoms with E-state index in [1.165, 1.54) is 5.56 Å². The van der Waals surface area contributed by atoms with Gasteiger partial charge in [-0.2, -0.15) is 0 Å². The van der Waals surface area contributed by atoms with E-state index in [-0.39, 0.29) is 11.4 Å². The Bertz CT molecular complexity index is 487. The quantitative estimate of drug-likeness (QED) is 0.859. The molecule has 1 fully saturated rings. The van der Waals surface area contributed by atoms with Gasteiger partial charge in [-0.25, -0.2) is 4.79 Å². The largest absolute Gasteiger partial charge is 0.338 e. The third-order valence-corrected chi connectivity index (χ3v) is 4.01. The summed E-state index contributed by atoms with van der Waals surface area (Å²) in [7, 11) is 4.04. The summed E-state index contributed by atoms with van der Waals surface area (Å²) in [5, 5.41) is 5.08. The fraction of sp³-hybridized carbons (Fsp3) is 0.467. The number of urea groups is 1. The third-order valence-electron chi connectivity index (χ3n) is 4.01. The second-order valence-corrected chi connectivity index (χ2v) is 5.35. The predicted octanol–water partition coefficient (Wildman–Crippen LogP) is 1.45. The average molecular weight is 275 g/mol. The highest BCUT2D eigenvalue weighted by molar-refractivity contribution is 5.94.